The summed E-state index contributed by atoms with van der Waals surface area (Å²) in [5.74, 6) is 0.143. The first kappa shape index (κ1) is 22.1. The largest absolute Gasteiger partial charge is 0.382 e. The molecule has 6 nitrogen and oxygen atoms in total. The van der Waals surface area contributed by atoms with E-state index in [1.54, 1.807) is 10.6 Å². The topological polar surface area (TPSA) is 73.2 Å². The van der Waals surface area contributed by atoms with Crippen LogP contribution in [0.15, 0.2) is 64.5 Å². The lowest BCUT2D eigenvalue weighted by atomic mass is 10.1. The average Bonchev–Trinajstić information content (AvgIpc) is 2.77. The maximum Gasteiger partial charge on any atom is 0.262 e. The minimum absolute atomic E-state index is 0.0702. The Kier molecular flexibility index (Phi) is 8.47. The summed E-state index contributed by atoms with van der Waals surface area (Å²) < 4.78 is 7.05. The minimum Gasteiger partial charge on any atom is -0.382 e. The molecule has 1 N–H and O–H groups in total. The summed E-state index contributed by atoms with van der Waals surface area (Å²) in [6.07, 6.45) is 1.50. The quantitative estimate of drug-likeness (QED) is 0.290. The predicted octanol–water partition coefficient (Wildman–Crippen LogP) is 3.27. The molecule has 2 aromatic carbocycles. The fraction of sp³-hybridized carbons (Fsp3) is 0.348. The molecule has 30 heavy (non-hydrogen) atoms. The summed E-state index contributed by atoms with van der Waals surface area (Å²) in [7, 11) is 0. The lowest BCUT2D eigenvalue weighted by Gasteiger charge is -2.13. The van der Waals surface area contributed by atoms with Crippen molar-refractivity contribution in [3.05, 3.63) is 70.5 Å². The third-order valence-electron chi connectivity index (χ3n) is 4.61. The number of para-hydroxylation sites is 1. The Hall–Kier alpha value is -2.64. The molecule has 0 bridgehead atoms. The molecule has 3 rings (SSSR count). The number of thioether (sulfide) groups is 1. The second-order valence-corrected chi connectivity index (χ2v) is 7.74. The van der Waals surface area contributed by atoms with Crippen LogP contribution in [-0.2, 0) is 22.5 Å². The smallest absolute Gasteiger partial charge is 0.262 e. The molecular weight excluding hydrogens is 398 g/mol. The van der Waals surface area contributed by atoms with Gasteiger partial charge in [0.25, 0.3) is 5.56 Å². The van der Waals surface area contributed by atoms with Crippen LogP contribution in [0.2, 0.25) is 0 Å². The lowest BCUT2D eigenvalue weighted by molar-refractivity contribution is -0.118. The zero-order chi connectivity index (χ0) is 21.2. The Morgan fingerprint density at radius 2 is 1.90 bits per heavy atom. The van der Waals surface area contributed by atoms with Gasteiger partial charge in [0.15, 0.2) is 5.16 Å². The molecule has 0 saturated carbocycles. The molecule has 0 saturated heterocycles. The van der Waals surface area contributed by atoms with Crippen molar-refractivity contribution in [2.24, 2.45) is 0 Å². The number of fused-ring (bicyclic) bond motifs is 1. The number of carbonyl (C=O) groups is 1. The number of nitrogens with zero attached hydrogens (tertiary/aromatic N) is 2. The monoisotopic (exact) mass is 425 g/mol. The highest BCUT2D eigenvalue weighted by molar-refractivity contribution is 7.99. The molecule has 0 atom stereocenters. The highest BCUT2D eigenvalue weighted by Crippen LogP contribution is 2.18. The van der Waals surface area contributed by atoms with Crippen LogP contribution in [0, 0.1) is 0 Å². The van der Waals surface area contributed by atoms with Crippen molar-refractivity contribution in [1.82, 2.24) is 14.9 Å². The first-order valence-electron chi connectivity index (χ1n) is 10.2. The van der Waals surface area contributed by atoms with Gasteiger partial charge in [0.2, 0.25) is 5.91 Å². The Morgan fingerprint density at radius 1 is 1.13 bits per heavy atom. The molecule has 0 unspecified atom stereocenters. The molecule has 0 aliphatic heterocycles. The van der Waals surface area contributed by atoms with E-state index in [0.717, 1.165) is 6.42 Å². The molecule has 3 aromatic rings. The van der Waals surface area contributed by atoms with Gasteiger partial charge in [0.1, 0.15) is 0 Å². The third kappa shape index (κ3) is 6.18. The molecule has 1 heterocycles. The lowest BCUT2D eigenvalue weighted by Crippen LogP contribution is -2.28. The van der Waals surface area contributed by atoms with Gasteiger partial charge < -0.3 is 10.1 Å². The van der Waals surface area contributed by atoms with Gasteiger partial charge in [-0.25, -0.2) is 4.98 Å². The van der Waals surface area contributed by atoms with Crippen LogP contribution in [-0.4, -0.2) is 41.0 Å². The number of hydrogen-bond donors (Lipinski definition) is 1. The van der Waals surface area contributed by atoms with Crippen LogP contribution in [0.4, 0.5) is 0 Å². The van der Waals surface area contributed by atoms with Gasteiger partial charge in [0, 0.05) is 26.3 Å². The van der Waals surface area contributed by atoms with Crippen molar-refractivity contribution in [3.8, 4) is 0 Å². The molecule has 0 spiro atoms. The number of amides is 1. The Labute approximate surface area is 180 Å². The van der Waals surface area contributed by atoms with E-state index in [-0.39, 0.29) is 17.2 Å². The number of carbonyl (C=O) groups excluding carboxylic acids is 1. The van der Waals surface area contributed by atoms with E-state index in [0.29, 0.717) is 48.8 Å². The van der Waals surface area contributed by atoms with E-state index in [2.05, 4.69) is 10.3 Å². The Bertz CT molecular complexity index is 1020. The molecule has 0 radical (unpaired) electrons. The van der Waals surface area contributed by atoms with Gasteiger partial charge in [-0.1, -0.05) is 54.2 Å². The molecule has 0 aliphatic rings. The summed E-state index contributed by atoms with van der Waals surface area (Å²) in [6, 6.07) is 17.3. The van der Waals surface area contributed by atoms with Crippen LogP contribution >= 0.6 is 11.8 Å². The number of rotatable bonds is 11. The molecule has 0 aliphatic carbocycles. The molecular formula is C23H27N3O3S. The van der Waals surface area contributed by atoms with Crippen molar-refractivity contribution in [2.75, 3.05) is 25.5 Å². The van der Waals surface area contributed by atoms with Crippen molar-refractivity contribution in [3.63, 3.8) is 0 Å². The predicted molar refractivity (Wildman–Crippen MR) is 121 cm³/mol. The average molecular weight is 426 g/mol. The van der Waals surface area contributed by atoms with Gasteiger partial charge in [-0.2, -0.15) is 0 Å². The summed E-state index contributed by atoms with van der Waals surface area (Å²) in [4.78, 5) is 29.9. The third-order valence-corrected chi connectivity index (χ3v) is 5.59. The summed E-state index contributed by atoms with van der Waals surface area (Å²) in [5.41, 5.74) is 1.75. The fourth-order valence-corrected chi connectivity index (χ4v) is 3.95. The fourth-order valence-electron chi connectivity index (χ4n) is 3.10. The number of aromatic nitrogens is 2. The maximum absolute atomic E-state index is 13.0. The van der Waals surface area contributed by atoms with Crippen molar-refractivity contribution < 1.29 is 9.53 Å². The van der Waals surface area contributed by atoms with E-state index < -0.39 is 0 Å². The number of hydrogen-bond acceptors (Lipinski definition) is 5. The Balaban J connectivity index is 1.64. The van der Waals surface area contributed by atoms with Gasteiger partial charge >= 0.3 is 0 Å². The van der Waals surface area contributed by atoms with E-state index >= 15 is 0 Å². The molecule has 0 fully saturated rings. The second-order valence-electron chi connectivity index (χ2n) is 6.79. The van der Waals surface area contributed by atoms with E-state index in [1.165, 1.54) is 17.3 Å². The first-order valence-corrected chi connectivity index (χ1v) is 11.2. The van der Waals surface area contributed by atoms with E-state index in [4.69, 9.17) is 4.74 Å². The van der Waals surface area contributed by atoms with Crippen LogP contribution in [0.3, 0.4) is 0 Å². The summed E-state index contributed by atoms with van der Waals surface area (Å²) >= 11 is 1.29. The van der Waals surface area contributed by atoms with Crippen molar-refractivity contribution in [1.29, 1.82) is 0 Å². The Morgan fingerprint density at radius 3 is 2.70 bits per heavy atom. The molecule has 1 amide bonds. The summed E-state index contributed by atoms with van der Waals surface area (Å²) in [5, 5.41) is 4.09. The molecule has 1 aromatic heterocycles. The number of benzene rings is 2. The highest BCUT2D eigenvalue weighted by Gasteiger charge is 2.13. The first-order chi connectivity index (χ1) is 14.7. The van der Waals surface area contributed by atoms with Crippen LogP contribution in [0.1, 0.15) is 18.9 Å². The maximum atomic E-state index is 13.0. The number of nitrogens with one attached hydrogen (secondary N) is 1. The number of ether oxygens (including phenoxy) is 1. The van der Waals surface area contributed by atoms with Gasteiger partial charge in [-0.3, -0.25) is 14.2 Å². The van der Waals surface area contributed by atoms with E-state index in [9.17, 15) is 9.59 Å². The SMILES string of the molecule is CCOCCCn1c(SCC(=O)NCCc2ccccc2)nc2ccccc2c1=O. The second kappa shape index (κ2) is 11.5. The zero-order valence-electron chi connectivity index (χ0n) is 17.2. The van der Waals surface area contributed by atoms with Gasteiger partial charge in [-0.15, -0.1) is 0 Å². The van der Waals surface area contributed by atoms with Gasteiger partial charge in [0.05, 0.1) is 16.7 Å². The highest BCUT2D eigenvalue weighted by atomic mass is 32.2. The van der Waals surface area contributed by atoms with Crippen LogP contribution < -0.4 is 10.9 Å². The van der Waals surface area contributed by atoms with Crippen molar-refractivity contribution >= 4 is 28.6 Å². The molecule has 158 valence electrons. The van der Waals surface area contributed by atoms with Gasteiger partial charge in [-0.05, 0) is 37.5 Å². The minimum atomic E-state index is -0.0796. The van der Waals surface area contributed by atoms with Crippen LogP contribution in [0.25, 0.3) is 10.9 Å². The van der Waals surface area contributed by atoms with E-state index in [1.807, 2.05) is 55.5 Å². The summed E-state index contributed by atoms with van der Waals surface area (Å²) in [6.45, 7) is 4.27. The van der Waals surface area contributed by atoms with Crippen LogP contribution in [0.5, 0.6) is 0 Å². The standard InChI is InChI=1S/C23H27N3O3S/c1-2-29-16-8-15-26-22(28)19-11-6-7-12-20(19)25-23(26)30-17-21(27)24-14-13-18-9-4-3-5-10-18/h3-7,9-12H,2,8,13-17H2,1H3,(H,24,27). The van der Waals surface area contributed by atoms with Crippen molar-refractivity contribution in [2.45, 2.75) is 31.5 Å². The zero-order valence-corrected chi connectivity index (χ0v) is 18.0. The normalized spacial score (nSPS) is 11.0. The molecule has 7 heteroatoms.